The van der Waals surface area contributed by atoms with Crippen LogP contribution in [0.5, 0.6) is 0 Å². The average Bonchev–Trinajstić information content (AvgIpc) is 3.10. The molecule has 2 aliphatic rings. The summed E-state index contributed by atoms with van der Waals surface area (Å²) in [5.74, 6) is -1.18. The van der Waals surface area contributed by atoms with E-state index in [4.69, 9.17) is 16.3 Å². The zero-order valence-corrected chi connectivity index (χ0v) is 19.5. The third kappa shape index (κ3) is 3.34. The summed E-state index contributed by atoms with van der Waals surface area (Å²) in [6, 6.07) is 24.3. The van der Waals surface area contributed by atoms with Crippen LogP contribution in [-0.2, 0) is 19.7 Å². The second-order valence-electron chi connectivity index (χ2n) is 8.74. The highest BCUT2D eigenvalue weighted by molar-refractivity contribution is 6.30. The van der Waals surface area contributed by atoms with Gasteiger partial charge in [-0.1, -0.05) is 72.3 Å². The summed E-state index contributed by atoms with van der Waals surface area (Å²) in [6.07, 6.45) is -0.289. The molecule has 172 valence electrons. The van der Waals surface area contributed by atoms with Gasteiger partial charge in [0.25, 0.3) is 0 Å². The van der Waals surface area contributed by atoms with E-state index in [0.29, 0.717) is 10.7 Å². The summed E-state index contributed by atoms with van der Waals surface area (Å²) < 4.78 is 5.29. The Morgan fingerprint density at radius 3 is 2.15 bits per heavy atom. The molecule has 1 saturated carbocycles. The van der Waals surface area contributed by atoms with Crippen LogP contribution in [-0.4, -0.2) is 24.4 Å². The lowest BCUT2D eigenvalue weighted by atomic mass is 9.54. The maximum Gasteiger partial charge on any atom is 0.421 e. The van der Waals surface area contributed by atoms with Crippen LogP contribution in [0.3, 0.4) is 0 Å². The summed E-state index contributed by atoms with van der Waals surface area (Å²) in [7, 11) is 0. The molecule has 6 heteroatoms. The van der Waals surface area contributed by atoms with Gasteiger partial charge in [-0.3, -0.25) is 9.59 Å². The van der Waals surface area contributed by atoms with Gasteiger partial charge in [0.1, 0.15) is 5.78 Å². The Morgan fingerprint density at radius 1 is 0.912 bits per heavy atom. The van der Waals surface area contributed by atoms with Gasteiger partial charge in [-0.15, -0.1) is 0 Å². The molecule has 0 radical (unpaired) electrons. The van der Waals surface area contributed by atoms with Crippen LogP contribution < -0.4 is 4.90 Å². The van der Waals surface area contributed by atoms with Crippen LogP contribution in [0.2, 0.25) is 5.02 Å². The molecular formula is C28H24ClNO4. The van der Waals surface area contributed by atoms with Gasteiger partial charge < -0.3 is 4.74 Å². The lowest BCUT2D eigenvalue weighted by molar-refractivity contribution is -0.130. The van der Waals surface area contributed by atoms with E-state index in [-0.39, 0.29) is 31.1 Å². The number of amides is 2. The number of benzene rings is 3. The third-order valence-electron chi connectivity index (χ3n) is 7.04. The highest BCUT2D eigenvalue weighted by Crippen LogP contribution is 2.61. The number of Topliss-reactive ketones (excluding diaryl/α,β-unsaturated/α-hetero) is 1. The quantitative estimate of drug-likeness (QED) is 0.467. The molecule has 0 bridgehead atoms. The monoisotopic (exact) mass is 473 g/mol. The van der Waals surface area contributed by atoms with E-state index in [1.54, 1.807) is 31.2 Å². The van der Waals surface area contributed by atoms with Crippen molar-refractivity contribution in [2.45, 2.75) is 37.0 Å². The maximum absolute atomic E-state index is 14.5. The lowest BCUT2D eigenvalue weighted by Gasteiger charge is -2.46. The van der Waals surface area contributed by atoms with E-state index in [1.807, 2.05) is 54.6 Å². The minimum absolute atomic E-state index is 0.0827. The number of ether oxygens (including phenoxy) is 1. The number of imide groups is 1. The molecule has 0 N–H and O–H groups in total. The third-order valence-corrected chi connectivity index (χ3v) is 7.29. The van der Waals surface area contributed by atoms with E-state index in [2.05, 4.69) is 0 Å². The number of carbonyl (C=O) groups is 3. The SMILES string of the molecule is CCOC(=O)N1C(=O)[C@]2(c3ccccc31)[C@@H](c1ccccc1)CC(=O)C[C@@H]2c1ccc(Cl)cc1. The Labute approximate surface area is 203 Å². The van der Waals surface area contributed by atoms with Crippen LogP contribution in [0.15, 0.2) is 78.9 Å². The molecule has 3 aromatic rings. The fraction of sp³-hybridized carbons (Fsp3) is 0.250. The van der Waals surface area contributed by atoms with Gasteiger partial charge in [-0.05, 0) is 41.8 Å². The number of halogens is 1. The van der Waals surface area contributed by atoms with Crippen LogP contribution in [0.25, 0.3) is 0 Å². The van der Waals surface area contributed by atoms with E-state index in [0.717, 1.165) is 21.6 Å². The number of hydrogen-bond acceptors (Lipinski definition) is 4. The lowest BCUT2D eigenvalue weighted by Crippen LogP contribution is -2.53. The molecule has 34 heavy (non-hydrogen) atoms. The number of hydrogen-bond donors (Lipinski definition) is 0. The van der Waals surface area contributed by atoms with Crippen molar-refractivity contribution in [1.82, 2.24) is 0 Å². The zero-order chi connectivity index (χ0) is 23.9. The summed E-state index contributed by atoms with van der Waals surface area (Å²) in [6.45, 7) is 1.86. The highest BCUT2D eigenvalue weighted by Gasteiger charge is 2.64. The number of carbonyl (C=O) groups excluding carboxylic acids is 3. The Hall–Kier alpha value is -3.44. The largest absolute Gasteiger partial charge is 0.449 e. The second-order valence-corrected chi connectivity index (χ2v) is 9.18. The minimum Gasteiger partial charge on any atom is -0.449 e. The topological polar surface area (TPSA) is 63.7 Å². The second kappa shape index (κ2) is 8.73. The van der Waals surface area contributed by atoms with Crippen LogP contribution in [0.4, 0.5) is 10.5 Å². The maximum atomic E-state index is 14.5. The molecule has 0 aromatic heterocycles. The summed E-state index contributed by atoms with van der Waals surface area (Å²) in [5.41, 5.74) is 1.84. The van der Waals surface area contributed by atoms with Crippen LogP contribution >= 0.6 is 11.6 Å². The van der Waals surface area contributed by atoms with Crippen LogP contribution in [0.1, 0.15) is 48.3 Å². The van der Waals surface area contributed by atoms with Gasteiger partial charge in [-0.2, -0.15) is 0 Å². The van der Waals surface area contributed by atoms with Gasteiger partial charge in [0.2, 0.25) is 5.91 Å². The molecular weight excluding hydrogens is 450 g/mol. The molecule has 0 saturated heterocycles. The number of anilines is 1. The first-order valence-electron chi connectivity index (χ1n) is 11.4. The van der Waals surface area contributed by atoms with Gasteiger partial charge in [0.15, 0.2) is 0 Å². The van der Waals surface area contributed by atoms with Crippen molar-refractivity contribution in [3.8, 4) is 0 Å². The fourth-order valence-electron chi connectivity index (χ4n) is 5.72. The Balaban J connectivity index is 1.81. The summed E-state index contributed by atoms with van der Waals surface area (Å²) in [5, 5.41) is 0.575. The van der Waals surface area contributed by atoms with Crippen LogP contribution in [0, 0.1) is 0 Å². The minimum atomic E-state index is -1.15. The van der Waals surface area contributed by atoms with Crippen molar-refractivity contribution in [2.24, 2.45) is 0 Å². The predicted molar refractivity (Wildman–Crippen MR) is 130 cm³/mol. The number of para-hydroxylation sites is 1. The summed E-state index contributed by atoms with van der Waals surface area (Å²) >= 11 is 6.16. The highest BCUT2D eigenvalue weighted by atomic mass is 35.5. The molecule has 1 spiro atoms. The first kappa shape index (κ1) is 22.4. The Kier molecular flexibility index (Phi) is 5.74. The molecule has 1 fully saturated rings. The first-order chi connectivity index (χ1) is 16.5. The van der Waals surface area contributed by atoms with E-state index < -0.39 is 23.3 Å². The Bertz CT molecular complexity index is 1260. The van der Waals surface area contributed by atoms with E-state index in [9.17, 15) is 14.4 Å². The van der Waals surface area contributed by atoms with E-state index in [1.165, 1.54) is 0 Å². The molecule has 2 amide bonds. The van der Waals surface area contributed by atoms with Crippen molar-refractivity contribution in [3.05, 3.63) is 101 Å². The van der Waals surface area contributed by atoms with Crippen molar-refractivity contribution in [3.63, 3.8) is 0 Å². The summed E-state index contributed by atoms with van der Waals surface area (Å²) in [4.78, 5) is 41.8. The molecule has 1 aliphatic carbocycles. The normalized spacial score (nSPS) is 23.8. The van der Waals surface area contributed by atoms with E-state index >= 15 is 0 Å². The predicted octanol–water partition coefficient (Wildman–Crippen LogP) is 6.01. The molecule has 5 nitrogen and oxygen atoms in total. The van der Waals surface area contributed by atoms with Crippen molar-refractivity contribution in [1.29, 1.82) is 0 Å². The first-order valence-corrected chi connectivity index (χ1v) is 11.8. The molecule has 0 unspecified atom stereocenters. The van der Waals surface area contributed by atoms with Crippen molar-refractivity contribution >= 4 is 35.1 Å². The van der Waals surface area contributed by atoms with Gasteiger partial charge in [-0.25, -0.2) is 9.69 Å². The standard InChI is InChI=1S/C28H24ClNO4/c1-2-34-27(33)30-25-11-7-6-10-22(25)28(26(30)32)23(18-8-4-3-5-9-18)16-21(31)17-24(28)19-12-14-20(29)15-13-19/h3-15,23-24H,2,16-17H2,1H3/t23-,24-,28-/m1/s1. The Morgan fingerprint density at radius 2 is 1.50 bits per heavy atom. The van der Waals surface area contributed by atoms with Crippen molar-refractivity contribution < 1.29 is 19.1 Å². The smallest absolute Gasteiger partial charge is 0.421 e. The molecule has 3 atom stereocenters. The van der Waals surface area contributed by atoms with Gasteiger partial charge in [0, 0.05) is 29.7 Å². The molecule has 1 aliphatic heterocycles. The van der Waals surface area contributed by atoms with Crippen molar-refractivity contribution in [2.75, 3.05) is 11.5 Å². The van der Waals surface area contributed by atoms with Gasteiger partial charge in [0.05, 0.1) is 17.7 Å². The van der Waals surface area contributed by atoms with Gasteiger partial charge >= 0.3 is 6.09 Å². The molecule has 1 heterocycles. The number of nitrogens with zero attached hydrogens (tertiary/aromatic N) is 1. The molecule has 3 aromatic carbocycles. The molecule has 5 rings (SSSR count). The number of rotatable bonds is 3. The zero-order valence-electron chi connectivity index (χ0n) is 18.7. The fourth-order valence-corrected chi connectivity index (χ4v) is 5.84. The number of ketones is 1. The number of fused-ring (bicyclic) bond motifs is 2. The average molecular weight is 474 g/mol.